The Hall–Kier alpha value is -3.56. The number of anilines is 2. The summed E-state index contributed by atoms with van der Waals surface area (Å²) < 4.78 is 28.4. The van der Waals surface area contributed by atoms with Gasteiger partial charge in [-0.25, -0.2) is 24.3 Å². The fourth-order valence-electron chi connectivity index (χ4n) is 3.52. The number of hydrogen-bond donors (Lipinski definition) is 2. The van der Waals surface area contributed by atoms with Gasteiger partial charge in [0.05, 0.1) is 5.56 Å². The van der Waals surface area contributed by atoms with Crippen LogP contribution in [0.2, 0.25) is 0 Å². The van der Waals surface area contributed by atoms with Crippen molar-refractivity contribution in [3.8, 4) is 11.1 Å². The van der Waals surface area contributed by atoms with E-state index < -0.39 is 11.6 Å². The molecule has 0 saturated carbocycles. The Kier molecular flexibility index (Phi) is 5.77. The molecule has 2 aromatic carbocycles. The Labute approximate surface area is 185 Å². The summed E-state index contributed by atoms with van der Waals surface area (Å²) in [6, 6.07) is 14.3. The van der Waals surface area contributed by atoms with Gasteiger partial charge in [-0.2, -0.15) is 0 Å². The van der Waals surface area contributed by atoms with Crippen LogP contribution in [0.3, 0.4) is 0 Å². The summed E-state index contributed by atoms with van der Waals surface area (Å²) in [5.41, 5.74) is 12.4. The van der Waals surface area contributed by atoms with E-state index in [1.165, 1.54) is 27.8 Å². The highest BCUT2D eigenvalue weighted by atomic mass is 19.2. The third-order valence-electron chi connectivity index (χ3n) is 5.62. The molecular weight excluding hydrogens is 412 g/mol. The molecular formula is C23H25F2N7. The molecule has 0 aliphatic carbocycles. The van der Waals surface area contributed by atoms with Gasteiger partial charge in [0.15, 0.2) is 17.5 Å². The van der Waals surface area contributed by atoms with Crippen LogP contribution in [0.5, 0.6) is 0 Å². The van der Waals surface area contributed by atoms with Crippen LogP contribution in [0.25, 0.3) is 11.1 Å². The van der Waals surface area contributed by atoms with Gasteiger partial charge in [-0.3, -0.25) is 0 Å². The van der Waals surface area contributed by atoms with Crippen LogP contribution in [-0.4, -0.2) is 42.0 Å². The second-order valence-corrected chi connectivity index (χ2v) is 7.86. The number of nitrogens with one attached hydrogen (secondary N) is 1. The van der Waals surface area contributed by atoms with E-state index in [4.69, 9.17) is 5.73 Å². The van der Waals surface area contributed by atoms with E-state index in [2.05, 4.69) is 39.6 Å². The highest BCUT2D eigenvalue weighted by Gasteiger charge is 2.30. The lowest BCUT2D eigenvalue weighted by Crippen LogP contribution is -2.44. The summed E-state index contributed by atoms with van der Waals surface area (Å²) in [4.78, 5) is 6.47. The fourth-order valence-corrected chi connectivity index (χ4v) is 3.52. The molecule has 0 radical (unpaired) electrons. The molecule has 4 rings (SSSR count). The van der Waals surface area contributed by atoms with Gasteiger partial charge in [-0.05, 0) is 50.3 Å². The van der Waals surface area contributed by atoms with Gasteiger partial charge in [0, 0.05) is 24.8 Å². The lowest BCUT2D eigenvalue weighted by molar-refractivity contribution is 0.275. The molecule has 9 heteroatoms. The Balaban J connectivity index is 1.72. The van der Waals surface area contributed by atoms with Crippen molar-refractivity contribution in [2.45, 2.75) is 13.0 Å². The first kappa shape index (κ1) is 21.7. The number of benzene rings is 2. The minimum absolute atomic E-state index is 0.00285. The van der Waals surface area contributed by atoms with Crippen molar-refractivity contribution >= 4 is 17.3 Å². The van der Waals surface area contributed by atoms with Crippen molar-refractivity contribution < 1.29 is 8.78 Å². The van der Waals surface area contributed by atoms with Gasteiger partial charge in [-0.15, -0.1) is 10.2 Å². The summed E-state index contributed by atoms with van der Waals surface area (Å²) >= 11 is 0. The smallest absolute Gasteiger partial charge is 0.184 e. The van der Waals surface area contributed by atoms with Gasteiger partial charge in [0.1, 0.15) is 11.5 Å². The average Bonchev–Trinajstić information content (AvgIpc) is 3.16. The first-order chi connectivity index (χ1) is 15.3. The zero-order chi connectivity index (χ0) is 23.0. The Bertz CT molecular complexity index is 1160. The maximum Gasteiger partial charge on any atom is 0.184 e. The number of hydrogen-bond acceptors (Lipinski definition) is 7. The topological polar surface area (TPSA) is 73.0 Å². The Morgan fingerprint density at radius 1 is 1.06 bits per heavy atom. The minimum Gasteiger partial charge on any atom is -0.383 e. The third kappa shape index (κ3) is 3.88. The lowest BCUT2D eigenvalue weighted by atomic mass is 10.0. The summed E-state index contributed by atoms with van der Waals surface area (Å²) in [6.07, 6.45) is 1.68. The maximum atomic E-state index is 14.5. The predicted octanol–water partition coefficient (Wildman–Crippen LogP) is 3.76. The fraction of sp³-hybridized carbons (Fsp3) is 0.217. The molecule has 166 valence electrons. The number of halogens is 2. The number of amidine groups is 1. The van der Waals surface area contributed by atoms with Crippen molar-refractivity contribution in [3.05, 3.63) is 77.5 Å². The van der Waals surface area contributed by atoms with Gasteiger partial charge in [0.2, 0.25) is 0 Å². The molecule has 0 bridgehead atoms. The summed E-state index contributed by atoms with van der Waals surface area (Å²) in [5, 5.41) is 7.13. The van der Waals surface area contributed by atoms with E-state index in [9.17, 15) is 8.78 Å². The zero-order valence-corrected chi connectivity index (χ0v) is 18.3. The van der Waals surface area contributed by atoms with Gasteiger partial charge < -0.3 is 10.6 Å². The zero-order valence-electron chi connectivity index (χ0n) is 18.3. The third-order valence-corrected chi connectivity index (χ3v) is 5.62. The monoisotopic (exact) mass is 437 g/mol. The molecule has 1 aromatic heterocycles. The van der Waals surface area contributed by atoms with E-state index in [1.54, 1.807) is 13.2 Å². The minimum atomic E-state index is -0.982. The van der Waals surface area contributed by atoms with E-state index >= 15 is 0 Å². The molecule has 1 aliphatic heterocycles. The van der Waals surface area contributed by atoms with Crippen molar-refractivity contribution in [3.63, 3.8) is 0 Å². The van der Waals surface area contributed by atoms with E-state index in [-0.39, 0.29) is 17.5 Å². The predicted molar refractivity (Wildman–Crippen MR) is 122 cm³/mol. The number of hydrazine groups is 2. The van der Waals surface area contributed by atoms with Gasteiger partial charge in [-0.1, -0.05) is 30.3 Å². The number of rotatable bonds is 5. The molecule has 1 aliphatic rings. The number of nitrogen functional groups attached to an aromatic ring is 1. The normalized spacial score (nSPS) is 15.1. The number of pyridine rings is 1. The molecule has 0 unspecified atom stereocenters. The first-order valence-electron chi connectivity index (χ1n) is 10.1. The number of hydrazone groups is 1. The standard InChI is InChI=1S/C23H25F2N7/c1-14(30(2)3)15-8-10-16(11-9-15)17-12-18(22(26)27-13-17)23-28-29-31(4)32(23)20-7-5-6-19(24)21(20)25/h5-14,29H,1-4H3,(H2,26,27)/t14-/m1/s1. The van der Waals surface area contributed by atoms with Gasteiger partial charge in [0.25, 0.3) is 0 Å². The van der Waals surface area contributed by atoms with E-state index in [1.807, 2.05) is 32.3 Å². The van der Waals surface area contributed by atoms with E-state index in [0.29, 0.717) is 11.4 Å². The summed E-state index contributed by atoms with van der Waals surface area (Å²) in [7, 11) is 5.71. The van der Waals surface area contributed by atoms with Crippen molar-refractivity contribution in [2.24, 2.45) is 5.10 Å². The molecule has 0 fully saturated rings. The average molecular weight is 437 g/mol. The van der Waals surface area contributed by atoms with Crippen LogP contribution in [-0.2, 0) is 0 Å². The SMILES string of the molecule is C[C@H](c1ccc(-c2cnc(N)c(C3=NNN(C)N3c3cccc(F)c3F)c2)cc1)N(C)C. The second kappa shape index (κ2) is 8.52. The molecule has 7 nitrogen and oxygen atoms in total. The Morgan fingerprint density at radius 3 is 2.47 bits per heavy atom. The second-order valence-electron chi connectivity index (χ2n) is 7.86. The molecule has 0 amide bonds. The molecule has 32 heavy (non-hydrogen) atoms. The lowest BCUT2D eigenvalue weighted by Gasteiger charge is -2.26. The molecule has 0 saturated heterocycles. The van der Waals surface area contributed by atoms with E-state index in [0.717, 1.165) is 17.2 Å². The summed E-state index contributed by atoms with van der Waals surface area (Å²) in [6.45, 7) is 2.14. The first-order valence-corrected chi connectivity index (χ1v) is 10.1. The summed E-state index contributed by atoms with van der Waals surface area (Å²) in [5.74, 6) is -1.40. The largest absolute Gasteiger partial charge is 0.383 e. The van der Waals surface area contributed by atoms with Crippen LogP contribution in [0.4, 0.5) is 20.3 Å². The molecule has 3 aromatic rings. The number of aromatic nitrogens is 1. The number of nitrogens with two attached hydrogens (primary N) is 1. The number of nitrogens with zero attached hydrogens (tertiary/aromatic N) is 5. The van der Waals surface area contributed by atoms with Crippen molar-refractivity contribution in [2.75, 3.05) is 31.9 Å². The quantitative estimate of drug-likeness (QED) is 0.633. The van der Waals surface area contributed by atoms with Crippen molar-refractivity contribution in [1.29, 1.82) is 0 Å². The van der Waals surface area contributed by atoms with Crippen LogP contribution in [0.15, 0.2) is 59.8 Å². The van der Waals surface area contributed by atoms with Crippen molar-refractivity contribution in [1.82, 2.24) is 20.5 Å². The van der Waals surface area contributed by atoms with Crippen LogP contribution in [0, 0.1) is 11.6 Å². The Morgan fingerprint density at radius 2 is 1.78 bits per heavy atom. The van der Waals surface area contributed by atoms with Crippen LogP contribution >= 0.6 is 0 Å². The van der Waals surface area contributed by atoms with Gasteiger partial charge >= 0.3 is 0 Å². The van der Waals surface area contributed by atoms with Crippen LogP contribution in [0.1, 0.15) is 24.1 Å². The van der Waals surface area contributed by atoms with Crippen LogP contribution < -0.4 is 16.3 Å². The molecule has 3 N–H and O–H groups in total. The highest BCUT2D eigenvalue weighted by molar-refractivity contribution is 6.13. The highest BCUT2D eigenvalue weighted by Crippen LogP contribution is 2.30. The molecule has 1 atom stereocenters. The molecule has 2 heterocycles. The maximum absolute atomic E-state index is 14.5. The molecule has 0 spiro atoms.